The van der Waals surface area contributed by atoms with E-state index >= 15 is 0 Å². The van der Waals surface area contributed by atoms with Gasteiger partial charge in [-0.1, -0.05) is 6.92 Å². The molecule has 0 spiro atoms. The van der Waals surface area contributed by atoms with Crippen LogP contribution in [-0.2, 0) is 0 Å². The third kappa shape index (κ3) is 2.47. The zero-order valence-electron chi connectivity index (χ0n) is 9.61. The van der Waals surface area contributed by atoms with Gasteiger partial charge < -0.3 is 14.6 Å². The average Bonchev–Trinajstić information content (AvgIpc) is 2.49. The fourth-order valence-electron chi connectivity index (χ4n) is 1.84. The van der Waals surface area contributed by atoms with E-state index in [9.17, 15) is 5.11 Å². The molecule has 3 heteroatoms. The van der Waals surface area contributed by atoms with Crippen molar-refractivity contribution in [2.24, 2.45) is 0 Å². The topological polar surface area (TPSA) is 38.7 Å². The molecule has 0 amide bonds. The van der Waals surface area contributed by atoms with Crippen LogP contribution in [0.4, 0.5) is 0 Å². The lowest BCUT2D eigenvalue weighted by molar-refractivity contribution is 0.167. The summed E-state index contributed by atoms with van der Waals surface area (Å²) in [7, 11) is 0. The molecule has 0 saturated heterocycles. The highest BCUT2D eigenvalue weighted by Crippen LogP contribution is 2.34. The summed E-state index contributed by atoms with van der Waals surface area (Å²) >= 11 is 0. The highest BCUT2D eigenvalue weighted by atomic mass is 16.5. The van der Waals surface area contributed by atoms with Crippen LogP contribution >= 0.6 is 0 Å². The molecule has 1 aliphatic heterocycles. The summed E-state index contributed by atoms with van der Waals surface area (Å²) < 4.78 is 11.1. The van der Waals surface area contributed by atoms with Crippen LogP contribution in [0, 0.1) is 0 Å². The Balaban J connectivity index is 2.21. The van der Waals surface area contributed by atoms with Crippen LogP contribution < -0.4 is 9.47 Å². The molecule has 1 aromatic rings. The Morgan fingerprint density at radius 1 is 1.50 bits per heavy atom. The van der Waals surface area contributed by atoms with E-state index in [2.05, 4.69) is 6.92 Å². The summed E-state index contributed by atoms with van der Waals surface area (Å²) in [5.74, 6) is 1.60. The summed E-state index contributed by atoms with van der Waals surface area (Å²) in [4.78, 5) is 0. The van der Waals surface area contributed by atoms with E-state index in [0.29, 0.717) is 13.2 Å². The Kier molecular flexibility index (Phi) is 3.67. The Morgan fingerprint density at radius 3 is 3.19 bits per heavy atom. The first-order valence-electron chi connectivity index (χ1n) is 5.89. The Morgan fingerprint density at radius 2 is 2.38 bits per heavy atom. The molecule has 1 N–H and O–H groups in total. The van der Waals surface area contributed by atoms with Crippen LogP contribution in [-0.4, -0.2) is 18.3 Å². The second kappa shape index (κ2) is 5.21. The van der Waals surface area contributed by atoms with Gasteiger partial charge in [0.15, 0.2) is 0 Å². The minimum atomic E-state index is -0.428. The number of aliphatic hydroxyl groups excluding tert-OH is 1. The molecule has 0 bridgehead atoms. The minimum Gasteiger partial charge on any atom is -0.494 e. The first kappa shape index (κ1) is 11.3. The fraction of sp³-hybridized carbons (Fsp3) is 0.538. The molecular formula is C13H18O3. The van der Waals surface area contributed by atoms with E-state index in [1.165, 1.54) is 0 Å². The molecule has 16 heavy (non-hydrogen) atoms. The van der Waals surface area contributed by atoms with E-state index < -0.39 is 6.10 Å². The summed E-state index contributed by atoms with van der Waals surface area (Å²) in [6.45, 7) is 3.45. The molecule has 1 aliphatic rings. The summed E-state index contributed by atoms with van der Waals surface area (Å²) in [6.07, 6.45) is 2.20. The van der Waals surface area contributed by atoms with E-state index in [1.807, 2.05) is 18.2 Å². The molecule has 2 rings (SSSR count). The number of ether oxygens (including phenoxy) is 2. The van der Waals surface area contributed by atoms with Gasteiger partial charge in [-0.15, -0.1) is 0 Å². The molecular weight excluding hydrogens is 204 g/mol. The number of benzene rings is 1. The van der Waals surface area contributed by atoms with Gasteiger partial charge >= 0.3 is 0 Å². The molecule has 0 aromatic heterocycles. The van der Waals surface area contributed by atoms with Gasteiger partial charge in [-0.2, -0.15) is 0 Å². The maximum atomic E-state index is 9.96. The zero-order valence-corrected chi connectivity index (χ0v) is 9.61. The lowest BCUT2D eigenvalue weighted by atomic mass is 10.0. The summed E-state index contributed by atoms with van der Waals surface area (Å²) in [5, 5.41) is 9.96. The third-order valence-electron chi connectivity index (χ3n) is 2.69. The number of aliphatic hydroxyl groups is 1. The Bertz CT molecular complexity index is 349. The lowest BCUT2D eigenvalue weighted by Gasteiger charge is -2.13. The van der Waals surface area contributed by atoms with Crippen molar-refractivity contribution in [1.82, 2.24) is 0 Å². The SMILES string of the molecule is CCCOc1ccc2c(c1)[C@@H](O)CCCO2. The molecule has 0 saturated carbocycles. The largest absolute Gasteiger partial charge is 0.494 e. The second-order valence-electron chi connectivity index (χ2n) is 4.05. The smallest absolute Gasteiger partial charge is 0.125 e. The van der Waals surface area contributed by atoms with E-state index in [1.54, 1.807) is 0 Å². The quantitative estimate of drug-likeness (QED) is 0.854. The third-order valence-corrected chi connectivity index (χ3v) is 2.69. The fourth-order valence-corrected chi connectivity index (χ4v) is 1.84. The van der Waals surface area contributed by atoms with E-state index in [-0.39, 0.29) is 0 Å². The first-order valence-corrected chi connectivity index (χ1v) is 5.89. The van der Waals surface area contributed by atoms with E-state index in [0.717, 1.165) is 36.3 Å². The van der Waals surface area contributed by atoms with Crippen LogP contribution in [0.2, 0.25) is 0 Å². The molecule has 88 valence electrons. The lowest BCUT2D eigenvalue weighted by Crippen LogP contribution is -1.99. The minimum absolute atomic E-state index is 0.428. The van der Waals surface area contributed by atoms with Crippen molar-refractivity contribution in [2.45, 2.75) is 32.3 Å². The van der Waals surface area contributed by atoms with Gasteiger partial charge in [0.1, 0.15) is 11.5 Å². The zero-order chi connectivity index (χ0) is 11.4. The van der Waals surface area contributed by atoms with Crippen molar-refractivity contribution in [3.63, 3.8) is 0 Å². The van der Waals surface area contributed by atoms with Crippen LogP contribution in [0.3, 0.4) is 0 Å². The van der Waals surface area contributed by atoms with Crippen molar-refractivity contribution in [1.29, 1.82) is 0 Å². The van der Waals surface area contributed by atoms with Crippen molar-refractivity contribution >= 4 is 0 Å². The van der Waals surface area contributed by atoms with E-state index in [4.69, 9.17) is 9.47 Å². The molecule has 3 nitrogen and oxygen atoms in total. The molecule has 0 fully saturated rings. The number of hydrogen-bond acceptors (Lipinski definition) is 3. The maximum Gasteiger partial charge on any atom is 0.125 e. The van der Waals surface area contributed by atoms with Crippen LogP contribution in [0.25, 0.3) is 0 Å². The van der Waals surface area contributed by atoms with Crippen molar-refractivity contribution in [2.75, 3.05) is 13.2 Å². The van der Waals surface area contributed by atoms with Crippen molar-refractivity contribution in [3.8, 4) is 11.5 Å². The molecule has 0 aliphatic carbocycles. The van der Waals surface area contributed by atoms with Crippen LogP contribution in [0.15, 0.2) is 18.2 Å². The van der Waals surface area contributed by atoms with Crippen LogP contribution in [0.1, 0.15) is 37.9 Å². The number of hydrogen-bond donors (Lipinski definition) is 1. The Labute approximate surface area is 96.0 Å². The van der Waals surface area contributed by atoms with Gasteiger partial charge in [-0.05, 0) is 37.5 Å². The molecule has 0 radical (unpaired) electrons. The van der Waals surface area contributed by atoms with Gasteiger partial charge in [0.25, 0.3) is 0 Å². The number of rotatable bonds is 3. The molecule has 1 heterocycles. The summed E-state index contributed by atoms with van der Waals surface area (Å²) in [6, 6.07) is 5.67. The van der Waals surface area contributed by atoms with Crippen LogP contribution in [0.5, 0.6) is 11.5 Å². The maximum absolute atomic E-state index is 9.96. The Hall–Kier alpha value is -1.22. The first-order chi connectivity index (χ1) is 7.81. The molecule has 1 aromatic carbocycles. The van der Waals surface area contributed by atoms with Gasteiger partial charge in [0.2, 0.25) is 0 Å². The van der Waals surface area contributed by atoms with Gasteiger partial charge in [-0.3, -0.25) is 0 Å². The summed E-state index contributed by atoms with van der Waals surface area (Å²) in [5.41, 5.74) is 0.853. The number of fused-ring (bicyclic) bond motifs is 1. The van der Waals surface area contributed by atoms with Crippen molar-refractivity contribution in [3.05, 3.63) is 23.8 Å². The standard InChI is InChI=1S/C13H18O3/c1-2-7-15-10-5-6-13-11(9-10)12(14)4-3-8-16-13/h5-6,9,12,14H,2-4,7-8H2,1H3/t12-/m0/s1. The highest BCUT2D eigenvalue weighted by Gasteiger charge is 2.18. The predicted octanol–water partition coefficient (Wildman–Crippen LogP) is 2.68. The molecule has 1 atom stereocenters. The highest BCUT2D eigenvalue weighted by molar-refractivity contribution is 5.42. The second-order valence-corrected chi connectivity index (χ2v) is 4.05. The van der Waals surface area contributed by atoms with Gasteiger partial charge in [0, 0.05) is 5.56 Å². The predicted molar refractivity (Wildman–Crippen MR) is 61.9 cm³/mol. The average molecular weight is 222 g/mol. The normalized spacial score (nSPS) is 19.5. The van der Waals surface area contributed by atoms with Crippen molar-refractivity contribution < 1.29 is 14.6 Å². The molecule has 0 unspecified atom stereocenters. The van der Waals surface area contributed by atoms with Gasteiger partial charge in [-0.25, -0.2) is 0 Å². The van der Waals surface area contributed by atoms with Gasteiger partial charge in [0.05, 0.1) is 19.3 Å². The monoisotopic (exact) mass is 222 g/mol.